The zero-order valence-corrected chi connectivity index (χ0v) is 15.0. The summed E-state index contributed by atoms with van der Waals surface area (Å²) in [6, 6.07) is 11.4. The molecule has 0 aliphatic carbocycles. The van der Waals surface area contributed by atoms with Gasteiger partial charge in [-0.1, -0.05) is 18.2 Å². The van der Waals surface area contributed by atoms with Crippen LogP contribution in [0, 0.1) is 0 Å². The summed E-state index contributed by atoms with van der Waals surface area (Å²) in [5, 5.41) is 2.64. The Morgan fingerprint density at radius 1 is 1.15 bits per heavy atom. The maximum Gasteiger partial charge on any atom is 0.417 e. The Balaban J connectivity index is 1.84. The number of benzene rings is 1. The molecule has 0 unspecified atom stereocenters. The van der Waals surface area contributed by atoms with E-state index in [1.54, 1.807) is 0 Å². The number of hydrogen-bond acceptors (Lipinski definition) is 3. The number of anilines is 1. The quantitative estimate of drug-likeness (QED) is 0.716. The normalized spacial score (nSPS) is 11.3. The van der Waals surface area contributed by atoms with Gasteiger partial charge < -0.3 is 14.8 Å². The van der Waals surface area contributed by atoms with Gasteiger partial charge in [-0.15, -0.1) is 0 Å². The monoisotopic (exact) mass is 381 g/mol. The number of aromatic nitrogens is 1. The van der Waals surface area contributed by atoms with Crippen LogP contribution in [0.25, 0.3) is 0 Å². The van der Waals surface area contributed by atoms with E-state index in [9.17, 15) is 22.8 Å². The van der Waals surface area contributed by atoms with Gasteiger partial charge in [-0.05, 0) is 31.5 Å². The molecule has 5 nitrogen and oxygen atoms in total. The molecule has 1 amide bonds. The third-order valence-corrected chi connectivity index (χ3v) is 4.05. The van der Waals surface area contributed by atoms with Crippen molar-refractivity contribution in [1.82, 2.24) is 9.88 Å². The van der Waals surface area contributed by atoms with Crippen LogP contribution in [0.1, 0.15) is 18.9 Å². The number of halogens is 3. The second kappa shape index (κ2) is 9.25. The molecule has 0 saturated heterocycles. The second-order valence-corrected chi connectivity index (χ2v) is 6.00. The van der Waals surface area contributed by atoms with E-state index in [-0.39, 0.29) is 0 Å². The SMILES string of the molecule is CCN(CCCNC(=O)Cn1cc(C(F)(F)F)ccc1=O)c1ccccc1. The van der Waals surface area contributed by atoms with Crippen LogP contribution in [0.5, 0.6) is 0 Å². The lowest BCUT2D eigenvalue weighted by atomic mass is 10.2. The summed E-state index contributed by atoms with van der Waals surface area (Å²) in [4.78, 5) is 25.8. The number of carbonyl (C=O) groups excluding carboxylic acids is 1. The molecule has 0 aliphatic rings. The number of amides is 1. The largest absolute Gasteiger partial charge is 0.417 e. The second-order valence-electron chi connectivity index (χ2n) is 6.00. The Kier molecular flexibility index (Phi) is 7.04. The highest BCUT2D eigenvalue weighted by molar-refractivity contribution is 5.75. The molecule has 2 rings (SSSR count). The van der Waals surface area contributed by atoms with Crippen molar-refractivity contribution in [2.75, 3.05) is 24.5 Å². The number of carbonyl (C=O) groups is 1. The smallest absolute Gasteiger partial charge is 0.372 e. The van der Waals surface area contributed by atoms with Gasteiger partial charge in [0.15, 0.2) is 0 Å². The first-order valence-electron chi connectivity index (χ1n) is 8.65. The highest BCUT2D eigenvalue weighted by atomic mass is 19.4. The lowest BCUT2D eigenvalue weighted by Crippen LogP contribution is -2.34. The average molecular weight is 381 g/mol. The van der Waals surface area contributed by atoms with Crippen LogP contribution in [-0.2, 0) is 17.5 Å². The van der Waals surface area contributed by atoms with Crippen LogP contribution in [0.15, 0.2) is 53.5 Å². The van der Waals surface area contributed by atoms with Gasteiger partial charge in [0.05, 0.1) is 5.56 Å². The molecular weight excluding hydrogens is 359 g/mol. The van der Waals surface area contributed by atoms with E-state index in [4.69, 9.17) is 0 Å². The van der Waals surface area contributed by atoms with E-state index in [1.807, 2.05) is 37.3 Å². The van der Waals surface area contributed by atoms with Crippen LogP contribution in [0.2, 0.25) is 0 Å². The number of nitrogens with zero attached hydrogens (tertiary/aromatic N) is 2. The molecular formula is C19H22F3N3O2. The van der Waals surface area contributed by atoms with Crippen molar-refractivity contribution in [1.29, 1.82) is 0 Å². The number of alkyl halides is 3. The Morgan fingerprint density at radius 2 is 1.85 bits per heavy atom. The molecule has 0 bridgehead atoms. The topological polar surface area (TPSA) is 54.3 Å². The molecule has 1 aromatic heterocycles. The summed E-state index contributed by atoms with van der Waals surface area (Å²) in [5.74, 6) is -0.501. The Hall–Kier alpha value is -2.77. The Morgan fingerprint density at radius 3 is 2.48 bits per heavy atom. The van der Waals surface area contributed by atoms with E-state index in [0.717, 1.165) is 29.4 Å². The highest BCUT2D eigenvalue weighted by Crippen LogP contribution is 2.27. The van der Waals surface area contributed by atoms with E-state index in [2.05, 4.69) is 10.2 Å². The van der Waals surface area contributed by atoms with Crippen molar-refractivity contribution < 1.29 is 18.0 Å². The van der Waals surface area contributed by atoms with Gasteiger partial charge in [0, 0.05) is 37.6 Å². The lowest BCUT2D eigenvalue weighted by molar-refractivity contribution is -0.138. The van der Waals surface area contributed by atoms with Crippen molar-refractivity contribution >= 4 is 11.6 Å². The molecule has 8 heteroatoms. The standard InChI is InChI=1S/C19H22F3N3O2/c1-2-24(16-7-4-3-5-8-16)12-6-11-23-17(26)14-25-13-15(19(20,21)22)9-10-18(25)27/h3-5,7-10,13H,2,6,11-12,14H2,1H3,(H,23,26). The first kappa shape index (κ1) is 20.5. The van der Waals surface area contributed by atoms with Crippen molar-refractivity contribution in [3.05, 3.63) is 64.6 Å². The molecule has 1 heterocycles. The molecule has 0 radical (unpaired) electrons. The summed E-state index contributed by atoms with van der Waals surface area (Å²) in [7, 11) is 0. The van der Waals surface area contributed by atoms with E-state index in [1.165, 1.54) is 0 Å². The van der Waals surface area contributed by atoms with Crippen LogP contribution in [0.3, 0.4) is 0 Å². The van der Waals surface area contributed by atoms with Gasteiger partial charge >= 0.3 is 6.18 Å². The molecule has 0 fully saturated rings. The third-order valence-electron chi connectivity index (χ3n) is 4.05. The van der Waals surface area contributed by atoms with Crippen molar-refractivity contribution in [2.45, 2.75) is 26.1 Å². The zero-order valence-electron chi connectivity index (χ0n) is 15.0. The van der Waals surface area contributed by atoms with Crippen molar-refractivity contribution in [2.24, 2.45) is 0 Å². The summed E-state index contributed by atoms with van der Waals surface area (Å²) in [5.41, 5.74) is -0.530. The number of para-hydroxylation sites is 1. The Bertz CT molecular complexity index is 804. The molecule has 2 aromatic rings. The maximum atomic E-state index is 12.7. The minimum atomic E-state index is -4.56. The first-order valence-corrected chi connectivity index (χ1v) is 8.65. The van der Waals surface area contributed by atoms with Gasteiger partial charge in [-0.25, -0.2) is 0 Å². The molecule has 0 saturated carbocycles. The van der Waals surface area contributed by atoms with E-state index >= 15 is 0 Å². The van der Waals surface area contributed by atoms with Gasteiger partial charge in [-0.3, -0.25) is 9.59 Å². The first-order chi connectivity index (χ1) is 12.8. The lowest BCUT2D eigenvalue weighted by Gasteiger charge is -2.23. The van der Waals surface area contributed by atoms with Crippen LogP contribution in [-0.4, -0.2) is 30.1 Å². The van der Waals surface area contributed by atoms with Crippen molar-refractivity contribution in [3.63, 3.8) is 0 Å². The predicted molar refractivity (Wildman–Crippen MR) is 97.7 cm³/mol. The number of nitrogens with one attached hydrogen (secondary N) is 1. The highest BCUT2D eigenvalue weighted by Gasteiger charge is 2.31. The number of rotatable bonds is 8. The fraction of sp³-hybridized carbons (Fsp3) is 0.368. The molecule has 1 aromatic carbocycles. The molecule has 0 atom stereocenters. The predicted octanol–water partition coefficient (Wildman–Crippen LogP) is 2.90. The summed E-state index contributed by atoms with van der Waals surface area (Å²) < 4.78 is 38.9. The van der Waals surface area contributed by atoms with Crippen molar-refractivity contribution in [3.8, 4) is 0 Å². The minimum Gasteiger partial charge on any atom is -0.372 e. The molecule has 1 N–H and O–H groups in total. The summed E-state index contributed by atoms with van der Waals surface area (Å²) in [6.07, 6.45) is -3.23. The molecule has 0 spiro atoms. The van der Waals surface area contributed by atoms with Gasteiger partial charge in [0.25, 0.3) is 5.56 Å². The van der Waals surface area contributed by atoms with Crippen LogP contribution in [0.4, 0.5) is 18.9 Å². The molecule has 27 heavy (non-hydrogen) atoms. The average Bonchev–Trinajstić information content (AvgIpc) is 2.63. The molecule has 0 aliphatic heterocycles. The van der Waals surface area contributed by atoms with E-state index in [0.29, 0.717) is 25.2 Å². The third kappa shape index (κ3) is 6.16. The van der Waals surface area contributed by atoms with Gasteiger partial charge in [0.1, 0.15) is 6.54 Å². The van der Waals surface area contributed by atoms with Gasteiger partial charge in [-0.2, -0.15) is 13.2 Å². The summed E-state index contributed by atoms with van der Waals surface area (Å²) >= 11 is 0. The minimum absolute atomic E-state index is 0.371. The van der Waals surface area contributed by atoms with E-state index < -0.39 is 29.8 Å². The molecule has 146 valence electrons. The summed E-state index contributed by atoms with van der Waals surface area (Å²) in [6.45, 7) is 3.50. The number of hydrogen-bond donors (Lipinski definition) is 1. The fourth-order valence-electron chi connectivity index (χ4n) is 2.64. The maximum absolute atomic E-state index is 12.7. The fourth-order valence-corrected chi connectivity index (χ4v) is 2.64. The van der Waals surface area contributed by atoms with Crippen LogP contribution >= 0.6 is 0 Å². The van der Waals surface area contributed by atoms with Gasteiger partial charge in [0.2, 0.25) is 5.91 Å². The Labute approximate surface area is 155 Å². The zero-order chi connectivity index (χ0) is 19.9. The van der Waals surface area contributed by atoms with Crippen LogP contribution < -0.4 is 15.8 Å². The number of pyridine rings is 1.